The Bertz CT molecular complexity index is 1670. The highest BCUT2D eigenvalue weighted by atomic mass is 35.5. The minimum atomic E-state index is -1.23. The number of rotatable bonds is 5. The molecule has 6 nitrogen and oxygen atoms in total. The van der Waals surface area contributed by atoms with Crippen molar-refractivity contribution < 1.29 is 8.60 Å². The number of hydrogen-bond donors (Lipinski definition) is 1. The lowest BCUT2D eigenvalue weighted by atomic mass is 9.98. The third-order valence-electron chi connectivity index (χ3n) is 6.52. The van der Waals surface area contributed by atoms with Crippen LogP contribution in [0.1, 0.15) is 0 Å². The van der Waals surface area contributed by atoms with Gasteiger partial charge in [-0.25, -0.2) is 22.9 Å². The summed E-state index contributed by atoms with van der Waals surface area (Å²) in [5.41, 5.74) is 4.69. The van der Waals surface area contributed by atoms with Crippen molar-refractivity contribution in [1.82, 2.24) is 24.6 Å². The van der Waals surface area contributed by atoms with Crippen molar-refractivity contribution in [2.45, 2.75) is 4.90 Å². The summed E-state index contributed by atoms with van der Waals surface area (Å²) in [4.78, 5) is 14.3. The fourth-order valence-electron chi connectivity index (χ4n) is 4.62. The Balaban J connectivity index is 1.43. The van der Waals surface area contributed by atoms with Crippen LogP contribution in [0, 0.1) is 5.82 Å². The summed E-state index contributed by atoms with van der Waals surface area (Å²) < 4.78 is 29.9. The number of aromatic nitrogens is 3. The first-order valence-electron chi connectivity index (χ1n) is 12.2. The molecule has 5 aromatic rings. The summed E-state index contributed by atoms with van der Waals surface area (Å²) in [6.07, 6.45) is 5.22. The van der Waals surface area contributed by atoms with E-state index in [0.29, 0.717) is 21.9 Å². The van der Waals surface area contributed by atoms with Gasteiger partial charge in [0.25, 0.3) is 0 Å². The minimum Gasteiger partial charge on any atom is -0.314 e. The molecule has 1 unspecified atom stereocenters. The van der Waals surface area contributed by atoms with Crippen molar-refractivity contribution in [3.05, 3.63) is 96.2 Å². The third kappa shape index (κ3) is 4.96. The van der Waals surface area contributed by atoms with Gasteiger partial charge < -0.3 is 5.32 Å². The number of nitrogens with zero attached hydrogens (tertiary/aromatic N) is 4. The summed E-state index contributed by atoms with van der Waals surface area (Å²) in [7, 11) is -1.23. The Hall–Kier alpha value is -3.56. The summed E-state index contributed by atoms with van der Waals surface area (Å²) in [6.45, 7) is 3.14. The van der Waals surface area contributed by atoms with Gasteiger partial charge in [0, 0.05) is 71.9 Å². The average molecular weight is 544 g/mol. The van der Waals surface area contributed by atoms with E-state index in [9.17, 15) is 8.60 Å². The first-order valence-corrected chi connectivity index (χ1v) is 13.7. The number of piperazine rings is 1. The van der Waals surface area contributed by atoms with Crippen LogP contribution in [-0.2, 0) is 11.0 Å². The Morgan fingerprint density at radius 1 is 0.895 bits per heavy atom. The van der Waals surface area contributed by atoms with E-state index >= 15 is 0 Å². The molecule has 2 aromatic carbocycles. The maximum Gasteiger partial charge on any atom is 0.160 e. The van der Waals surface area contributed by atoms with E-state index in [-0.39, 0.29) is 0 Å². The summed E-state index contributed by atoms with van der Waals surface area (Å²) in [5, 5.41) is 4.54. The summed E-state index contributed by atoms with van der Waals surface area (Å²) in [6, 6.07) is 19.8. The second kappa shape index (κ2) is 10.7. The zero-order chi connectivity index (χ0) is 26.1. The zero-order valence-corrected chi connectivity index (χ0v) is 21.8. The standard InChI is InChI=1S/C29H23ClFN5OS/c30-22-6-7-27(31)26(15-22)28-16-25(24-5-2-8-34-29(24)35-28)21-13-20(17-33-18-21)19-3-1-4-23(14-19)38(37)36-11-9-32-10-12-36/h1-8,13-18,32H,9-12H2. The van der Waals surface area contributed by atoms with Gasteiger partial charge in [0.05, 0.1) is 10.6 Å². The van der Waals surface area contributed by atoms with Gasteiger partial charge in [-0.05, 0) is 65.7 Å². The predicted molar refractivity (Wildman–Crippen MR) is 149 cm³/mol. The van der Waals surface area contributed by atoms with Crippen LogP contribution >= 0.6 is 11.6 Å². The van der Waals surface area contributed by atoms with Crippen LogP contribution in [0.5, 0.6) is 0 Å². The van der Waals surface area contributed by atoms with Crippen LogP contribution in [0.25, 0.3) is 44.5 Å². The van der Waals surface area contributed by atoms with Crippen molar-refractivity contribution in [1.29, 1.82) is 0 Å². The number of benzene rings is 2. The summed E-state index contributed by atoms with van der Waals surface area (Å²) >= 11 is 6.17. The van der Waals surface area contributed by atoms with E-state index in [1.165, 1.54) is 12.1 Å². The Morgan fingerprint density at radius 2 is 1.74 bits per heavy atom. The molecule has 1 saturated heterocycles. The molecule has 0 bridgehead atoms. The maximum atomic E-state index is 14.7. The Morgan fingerprint density at radius 3 is 2.61 bits per heavy atom. The monoisotopic (exact) mass is 543 g/mol. The summed E-state index contributed by atoms with van der Waals surface area (Å²) in [5.74, 6) is -0.413. The molecule has 0 spiro atoms. The lowest BCUT2D eigenvalue weighted by Gasteiger charge is -2.26. The van der Waals surface area contributed by atoms with Gasteiger partial charge >= 0.3 is 0 Å². The number of pyridine rings is 3. The van der Waals surface area contributed by atoms with Crippen LogP contribution in [0.4, 0.5) is 4.39 Å². The van der Waals surface area contributed by atoms with E-state index in [1.54, 1.807) is 24.7 Å². The zero-order valence-electron chi connectivity index (χ0n) is 20.3. The second-order valence-corrected chi connectivity index (χ2v) is 10.9. The highest BCUT2D eigenvalue weighted by molar-refractivity contribution is 7.82. The number of fused-ring (bicyclic) bond motifs is 1. The Kier molecular flexibility index (Phi) is 6.95. The van der Waals surface area contributed by atoms with E-state index in [2.05, 4.69) is 20.3 Å². The van der Waals surface area contributed by atoms with Gasteiger partial charge in [-0.15, -0.1) is 0 Å². The van der Waals surface area contributed by atoms with Gasteiger partial charge in [0.2, 0.25) is 0 Å². The molecule has 190 valence electrons. The SMILES string of the molecule is O=S(c1cccc(-c2cncc(-c3cc(-c4cc(Cl)ccc4F)nc4ncccc34)c2)c1)N1CCNCC1. The van der Waals surface area contributed by atoms with Crippen molar-refractivity contribution in [2.24, 2.45) is 0 Å². The molecular weight excluding hydrogens is 521 g/mol. The fourth-order valence-corrected chi connectivity index (χ4v) is 6.02. The molecule has 1 aliphatic heterocycles. The van der Waals surface area contributed by atoms with Crippen LogP contribution < -0.4 is 5.32 Å². The highest BCUT2D eigenvalue weighted by Gasteiger charge is 2.19. The van der Waals surface area contributed by atoms with Crippen molar-refractivity contribution >= 4 is 33.6 Å². The molecule has 6 rings (SSSR count). The van der Waals surface area contributed by atoms with Crippen LogP contribution in [-0.4, -0.2) is 49.6 Å². The molecule has 38 heavy (non-hydrogen) atoms. The fraction of sp³-hybridized carbons (Fsp3) is 0.138. The molecule has 0 saturated carbocycles. The van der Waals surface area contributed by atoms with E-state index in [1.807, 2.05) is 52.8 Å². The maximum absolute atomic E-state index is 14.7. The van der Waals surface area contributed by atoms with Crippen molar-refractivity contribution in [2.75, 3.05) is 26.2 Å². The van der Waals surface area contributed by atoms with Crippen molar-refractivity contribution in [3.8, 4) is 33.5 Å². The molecule has 0 radical (unpaired) electrons. The first-order chi connectivity index (χ1) is 18.6. The number of halogens is 2. The van der Waals surface area contributed by atoms with E-state index in [0.717, 1.165) is 58.7 Å². The molecule has 1 fully saturated rings. The second-order valence-electron chi connectivity index (χ2n) is 8.97. The third-order valence-corrected chi connectivity index (χ3v) is 8.24. The van der Waals surface area contributed by atoms with Gasteiger partial charge in [-0.3, -0.25) is 4.98 Å². The van der Waals surface area contributed by atoms with E-state index in [4.69, 9.17) is 11.6 Å². The molecule has 0 aliphatic carbocycles. The van der Waals surface area contributed by atoms with Gasteiger partial charge in [-0.1, -0.05) is 23.7 Å². The lowest BCUT2D eigenvalue weighted by Crippen LogP contribution is -2.44. The highest BCUT2D eigenvalue weighted by Crippen LogP contribution is 2.34. The molecule has 9 heteroatoms. The van der Waals surface area contributed by atoms with Gasteiger partial charge in [-0.2, -0.15) is 0 Å². The van der Waals surface area contributed by atoms with Gasteiger partial charge in [0.15, 0.2) is 5.65 Å². The first kappa shape index (κ1) is 24.8. The molecule has 4 heterocycles. The predicted octanol–water partition coefficient (Wildman–Crippen LogP) is 5.75. The lowest BCUT2D eigenvalue weighted by molar-refractivity contribution is 0.380. The molecular formula is C29H23ClFN5OS. The normalized spacial score (nSPS) is 15.0. The average Bonchev–Trinajstić information content (AvgIpc) is 2.98. The Labute approximate surface area is 227 Å². The quantitative estimate of drug-likeness (QED) is 0.306. The smallest absolute Gasteiger partial charge is 0.160 e. The molecule has 1 N–H and O–H groups in total. The largest absolute Gasteiger partial charge is 0.314 e. The minimum absolute atomic E-state index is 0.304. The van der Waals surface area contributed by atoms with Gasteiger partial charge in [0.1, 0.15) is 16.8 Å². The molecule has 1 atom stereocenters. The topological polar surface area (TPSA) is 71.0 Å². The van der Waals surface area contributed by atoms with Crippen LogP contribution in [0.3, 0.4) is 0 Å². The van der Waals surface area contributed by atoms with Crippen LogP contribution in [0.2, 0.25) is 5.02 Å². The molecule has 0 amide bonds. The molecule has 1 aliphatic rings. The van der Waals surface area contributed by atoms with Crippen molar-refractivity contribution in [3.63, 3.8) is 0 Å². The van der Waals surface area contributed by atoms with Crippen LogP contribution in [0.15, 0.2) is 90.2 Å². The number of nitrogens with one attached hydrogen (secondary N) is 1. The number of hydrogen-bond acceptors (Lipinski definition) is 5. The molecule has 3 aromatic heterocycles. The van der Waals surface area contributed by atoms with E-state index < -0.39 is 16.8 Å².